The fourth-order valence-corrected chi connectivity index (χ4v) is 2.81. The summed E-state index contributed by atoms with van der Waals surface area (Å²) in [4.78, 5) is 12.3. The molecule has 0 aliphatic rings. The van der Waals surface area contributed by atoms with Crippen LogP contribution in [0.3, 0.4) is 0 Å². The summed E-state index contributed by atoms with van der Waals surface area (Å²) in [6.07, 6.45) is 0. The molecule has 1 amide bonds. The molecular weight excluding hydrogens is 315 g/mol. The fraction of sp³-hybridized carbons (Fsp3) is 0.190. The van der Waals surface area contributed by atoms with Crippen molar-refractivity contribution in [2.45, 2.75) is 25.9 Å². The normalized spacial score (nSPS) is 13.4. The van der Waals surface area contributed by atoms with Crippen LogP contribution in [0.1, 0.15) is 25.5 Å². The number of nitrogens with one attached hydrogen (secondary N) is 2. The zero-order chi connectivity index (χ0) is 17.8. The van der Waals surface area contributed by atoms with Gasteiger partial charge in [-0.05, 0) is 60.5 Å². The van der Waals surface area contributed by atoms with E-state index in [9.17, 15) is 9.18 Å². The van der Waals surface area contributed by atoms with E-state index in [1.54, 1.807) is 12.1 Å². The third kappa shape index (κ3) is 4.22. The van der Waals surface area contributed by atoms with Gasteiger partial charge in [-0.15, -0.1) is 0 Å². The number of fused-ring (bicyclic) bond motifs is 1. The van der Waals surface area contributed by atoms with Crippen molar-refractivity contribution in [1.82, 2.24) is 5.32 Å². The van der Waals surface area contributed by atoms with Crippen molar-refractivity contribution in [2.75, 3.05) is 5.32 Å². The van der Waals surface area contributed by atoms with Gasteiger partial charge in [0, 0.05) is 11.7 Å². The van der Waals surface area contributed by atoms with Gasteiger partial charge in [0.2, 0.25) is 5.91 Å². The lowest BCUT2D eigenvalue weighted by atomic mass is 10.0. The molecule has 0 aromatic heterocycles. The maximum absolute atomic E-state index is 12.9. The number of amides is 1. The van der Waals surface area contributed by atoms with Gasteiger partial charge in [0.05, 0.1) is 6.04 Å². The Labute approximate surface area is 146 Å². The lowest BCUT2D eigenvalue weighted by Crippen LogP contribution is -2.39. The van der Waals surface area contributed by atoms with Crippen LogP contribution < -0.4 is 10.6 Å². The molecule has 0 fully saturated rings. The number of benzene rings is 3. The number of carbonyl (C=O) groups is 1. The summed E-state index contributed by atoms with van der Waals surface area (Å²) < 4.78 is 12.9. The van der Waals surface area contributed by atoms with Crippen LogP contribution in [0.5, 0.6) is 0 Å². The Bertz CT molecular complexity index is 876. The number of rotatable bonds is 5. The lowest BCUT2D eigenvalue weighted by molar-refractivity contribution is -0.117. The Hall–Kier alpha value is -2.72. The van der Waals surface area contributed by atoms with Gasteiger partial charge in [-0.25, -0.2) is 4.39 Å². The quantitative estimate of drug-likeness (QED) is 0.712. The molecule has 3 nitrogen and oxygen atoms in total. The predicted molar refractivity (Wildman–Crippen MR) is 100.0 cm³/mol. The highest BCUT2D eigenvalue weighted by Crippen LogP contribution is 2.20. The van der Waals surface area contributed by atoms with E-state index in [2.05, 4.69) is 41.0 Å². The van der Waals surface area contributed by atoms with Crippen molar-refractivity contribution in [2.24, 2.45) is 0 Å². The van der Waals surface area contributed by atoms with E-state index in [1.165, 1.54) is 22.9 Å². The van der Waals surface area contributed by atoms with E-state index in [0.29, 0.717) is 5.69 Å². The smallest absolute Gasteiger partial charge is 0.241 e. The summed E-state index contributed by atoms with van der Waals surface area (Å²) in [6.45, 7) is 3.85. The second-order valence-electron chi connectivity index (χ2n) is 6.21. The van der Waals surface area contributed by atoms with Gasteiger partial charge >= 0.3 is 0 Å². The van der Waals surface area contributed by atoms with E-state index in [0.717, 1.165) is 5.56 Å². The molecule has 0 spiro atoms. The number of anilines is 1. The van der Waals surface area contributed by atoms with E-state index >= 15 is 0 Å². The molecule has 0 aliphatic carbocycles. The second kappa shape index (κ2) is 7.45. The van der Waals surface area contributed by atoms with Crippen molar-refractivity contribution in [3.63, 3.8) is 0 Å². The fourth-order valence-electron chi connectivity index (χ4n) is 2.81. The molecule has 3 rings (SSSR count). The van der Waals surface area contributed by atoms with Gasteiger partial charge in [-0.2, -0.15) is 0 Å². The molecule has 0 saturated heterocycles. The Morgan fingerprint density at radius 2 is 1.60 bits per heavy atom. The average molecular weight is 336 g/mol. The molecular formula is C21H21FN2O. The molecule has 0 unspecified atom stereocenters. The zero-order valence-corrected chi connectivity index (χ0v) is 14.3. The highest BCUT2D eigenvalue weighted by molar-refractivity contribution is 5.94. The summed E-state index contributed by atoms with van der Waals surface area (Å²) in [5.74, 6) is -0.478. The zero-order valence-electron chi connectivity index (χ0n) is 14.3. The summed E-state index contributed by atoms with van der Waals surface area (Å²) >= 11 is 0. The number of hydrogen-bond acceptors (Lipinski definition) is 2. The van der Waals surface area contributed by atoms with Crippen molar-refractivity contribution in [1.29, 1.82) is 0 Å². The first-order valence-corrected chi connectivity index (χ1v) is 8.34. The van der Waals surface area contributed by atoms with Crippen LogP contribution in [0.15, 0.2) is 66.7 Å². The van der Waals surface area contributed by atoms with Crippen LogP contribution in [0.4, 0.5) is 10.1 Å². The Morgan fingerprint density at radius 1 is 0.920 bits per heavy atom. The SMILES string of the molecule is C[C@H](N[C@H](C)C(=O)Nc1ccc(F)cc1)c1ccc2ccccc2c1. The first-order chi connectivity index (χ1) is 12.0. The first kappa shape index (κ1) is 17.1. The van der Waals surface area contributed by atoms with Gasteiger partial charge in [0.1, 0.15) is 5.82 Å². The Kier molecular flexibility index (Phi) is 5.10. The highest BCUT2D eigenvalue weighted by atomic mass is 19.1. The van der Waals surface area contributed by atoms with Crippen LogP contribution in [-0.4, -0.2) is 11.9 Å². The van der Waals surface area contributed by atoms with E-state index in [4.69, 9.17) is 0 Å². The Morgan fingerprint density at radius 3 is 2.32 bits per heavy atom. The van der Waals surface area contributed by atoms with E-state index < -0.39 is 0 Å². The molecule has 0 heterocycles. The molecule has 0 bridgehead atoms. The van der Waals surface area contributed by atoms with Crippen LogP contribution >= 0.6 is 0 Å². The number of carbonyl (C=O) groups excluding carboxylic acids is 1. The standard InChI is InChI=1S/C21H21FN2O/c1-14(17-8-7-16-5-3-4-6-18(16)13-17)23-15(2)21(25)24-20-11-9-19(22)10-12-20/h3-15,23H,1-2H3,(H,24,25)/t14-,15+/m0/s1. The largest absolute Gasteiger partial charge is 0.325 e. The van der Waals surface area contributed by atoms with Gasteiger partial charge in [-0.1, -0.05) is 36.4 Å². The van der Waals surface area contributed by atoms with Crippen molar-refractivity contribution < 1.29 is 9.18 Å². The monoisotopic (exact) mass is 336 g/mol. The second-order valence-corrected chi connectivity index (χ2v) is 6.21. The third-order valence-corrected chi connectivity index (χ3v) is 4.28. The molecule has 25 heavy (non-hydrogen) atoms. The molecule has 128 valence electrons. The van der Waals surface area contributed by atoms with Crippen molar-refractivity contribution in [3.8, 4) is 0 Å². The van der Waals surface area contributed by atoms with Crippen LogP contribution in [0.25, 0.3) is 10.8 Å². The molecule has 0 aliphatic heterocycles. The first-order valence-electron chi connectivity index (χ1n) is 8.34. The topological polar surface area (TPSA) is 41.1 Å². The van der Waals surface area contributed by atoms with Crippen LogP contribution in [0, 0.1) is 5.82 Å². The van der Waals surface area contributed by atoms with Crippen molar-refractivity contribution >= 4 is 22.4 Å². The van der Waals surface area contributed by atoms with E-state index in [1.807, 2.05) is 26.0 Å². The molecule has 2 N–H and O–H groups in total. The maximum Gasteiger partial charge on any atom is 0.241 e. The minimum atomic E-state index is -0.383. The summed E-state index contributed by atoms with van der Waals surface area (Å²) in [5.41, 5.74) is 1.71. The maximum atomic E-state index is 12.9. The number of hydrogen-bond donors (Lipinski definition) is 2. The van der Waals surface area contributed by atoms with Gasteiger partial charge in [0.25, 0.3) is 0 Å². The van der Waals surface area contributed by atoms with Gasteiger partial charge < -0.3 is 5.32 Å². The Balaban J connectivity index is 1.65. The molecule has 4 heteroatoms. The van der Waals surface area contributed by atoms with Gasteiger partial charge in [-0.3, -0.25) is 10.1 Å². The summed E-state index contributed by atoms with van der Waals surface area (Å²) in [7, 11) is 0. The third-order valence-electron chi connectivity index (χ3n) is 4.28. The molecule has 3 aromatic carbocycles. The molecule has 0 saturated carbocycles. The molecule has 0 radical (unpaired) electrons. The van der Waals surface area contributed by atoms with Gasteiger partial charge in [0.15, 0.2) is 0 Å². The van der Waals surface area contributed by atoms with E-state index in [-0.39, 0.29) is 23.8 Å². The molecule has 3 aromatic rings. The molecule has 2 atom stereocenters. The van der Waals surface area contributed by atoms with Crippen LogP contribution in [-0.2, 0) is 4.79 Å². The average Bonchev–Trinajstić information content (AvgIpc) is 2.63. The minimum absolute atomic E-state index is 0.0265. The highest BCUT2D eigenvalue weighted by Gasteiger charge is 2.16. The summed E-state index contributed by atoms with van der Waals surface area (Å²) in [6, 6.07) is 19.9. The van der Waals surface area contributed by atoms with Crippen LogP contribution in [0.2, 0.25) is 0 Å². The number of halogens is 1. The van der Waals surface area contributed by atoms with Crippen molar-refractivity contribution in [3.05, 3.63) is 78.1 Å². The summed E-state index contributed by atoms with van der Waals surface area (Å²) in [5, 5.41) is 8.47. The lowest BCUT2D eigenvalue weighted by Gasteiger charge is -2.20. The minimum Gasteiger partial charge on any atom is -0.325 e. The predicted octanol–water partition coefficient (Wildman–Crippen LogP) is 4.66.